The molecule has 164 valence electrons. The highest BCUT2D eigenvalue weighted by Crippen LogP contribution is 2.33. The van der Waals surface area contributed by atoms with Crippen molar-refractivity contribution in [3.05, 3.63) is 100.0 Å². The van der Waals surface area contributed by atoms with Gasteiger partial charge in [-0.1, -0.05) is 54.6 Å². The van der Waals surface area contributed by atoms with Gasteiger partial charge in [0.1, 0.15) is 17.5 Å². The van der Waals surface area contributed by atoms with Crippen LogP contribution in [-0.4, -0.2) is 18.2 Å². The van der Waals surface area contributed by atoms with Crippen molar-refractivity contribution in [3.63, 3.8) is 0 Å². The summed E-state index contributed by atoms with van der Waals surface area (Å²) in [5, 5.41) is 15.1. The Morgan fingerprint density at radius 2 is 1.85 bits per heavy atom. The van der Waals surface area contributed by atoms with Gasteiger partial charge in [0.05, 0.1) is 7.11 Å². The van der Waals surface area contributed by atoms with Crippen LogP contribution < -0.4 is 15.6 Å². The van der Waals surface area contributed by atoms with Crippen molar-refractivity contribution in [2.75, 3.05) is 13.7 Å². The zero-order valence-electron chi connectivity index (χ0n) is 18.5. The molecular formula is C28H25N3O2. The lowest BCUT2D eigenvalue weighted by atomic mass is 9.97. The molecule has 33 heavy (non-hydrogen) atoms. The maximum Gasteiger partial charge on any atom is 0.259 e. The number of benzene rings is 3. The van der Waals surface area contributed by atoms with E-state index in [0.717, 1.165) is 29.4 Å². The van der Waals surface area contributed by atoms with Crippen LogP contribution in [0.5, 0.6) is 5.75 Å². The van der Waals surface area contributed by atoms with Gasteiger partial charge in [0, 0.05) is 35.5 Å². The van der Waals surface area contributed by atoms with Crippen molar-refractivity contribution in [1.82, 2.24) is 9.88 Å². The van der Waals surface area contributed by atoms with E-state index in [9.17, 15) is 10.1 Å². The number of hydrogen-bond acceptors (Lipinski definition) is 4. The highest BCUT2D eigenvalue weighted by Gasteiger charge is 2.22. The van der Waals surface area contributed by atoms with Crippen molar-refractivity contribution >= 4 is 10.8 Å². The topological polar surface area (TPSA) is 67.0 Å². The molecule has 1 N–H and O–H groups in total. The number of aryl methyl sites for hydroxylation is 1. The predicted octanol–water partition coefficient (Wildman–Crippen LogP) is 4.83. The summed E-state index contributed by atoms with van der Waals surface area (Å²) in [6.45, 7) is 1.02. The molecule has 3 aromatic carbocycles. The lowest BCUT2D eigenvalue weighted by molar-refractivity contribution is 0.415. The number of hydrogen-bond donors (Lipinski definition) is 1. The summed E-state index contributed by atoms with van der Waals surface area (Å²) in [4.78, 5) is 13.5. The summed E-state index contributed by atoms with van der Waals surface area (Å²) in [5.74, 6) is 0.655. The standard InChI is InChI=1S/C28H25N3O2/c1-33-21-12-13-23-24(17-21)27(20-8-3-2-4-9-20)26(18-29)31(28(23)32)16-15-30-25-14-11-19-7-5-6-10-22(19)25/h2-10,12-13,17,25,30H,11,14-16H2,1H3. The van der Waals surface area contributed by atoms with Gasteiger partial charge in [-0.15, -0.1) is 0 Å². The molecule has 1 aromatic heterocycles. The summed E-state index contributed by atoms with van der Waals surface area (Å²) in [6.07, 6.45) is 2.11. The zero-order chi connectivity index (χ0) is 22.8. The van der Waals surface area contributed by atoms with Crippen LogP contribution in [0.4, 0.5) is 0 Å². The number of nitriles is 1. The fraction of sp³-hybridized carbons (Fsp3) is 0.214. The molecule has 4 aromatic rings. The van der Waals surface area contributed by atoms with Gasteiger partial charge in [-0.05, 0) is 47.7 Å². The van der Waals surface area contributed by atoms with Crippen molar-refractivity contribution in [1.29, 1.82) is 5.26 Å². The predicted molar refractivity (Wildman–Crippen MR) is 130 cm³/mol. The number of fused-ring (bicyclic) bond motifs is 2. The Bertz CT molecular complexity index is 1420. The van der Waals surface area contributed by atoms with Crippen LogP contribution in [0.25, 0.3) is 21.9 Å². The minimum absolute atomic E-state index is 0.155. The molecule has 0 spiro atoms. The van der Waals surface area contributed by atoms with Crippen LogP contribution in [-0.2, 0) is 13.0 Å². The van der Waals surface area contributed by atoms with Gasteiger partial charge in [0.25, 0.3) is 5.56 Å². The Kier molecular flexibility index (Phi) is 5.68. The second-order valence-electron chi connectivity index (χ2n) is 8.31. The Balaban J connectivity index is 1.56. The average molecular weight is 436 g/mol. The molecular weight excluding hydrogens is 410 g/mol. The molecule has 0 bridgehead atoms. The first-order valence-electron chi connectivity index (χ1n) is 11.2. The molecule has 0 amide bonds. The summed E-state index contributed by atoms with van der Waals surface area (Å²) in [5.41, 5.74) is 4.60. The second-order valence-corrected chi connectivity index (χ2v) is 8.31. The largest absolute Gasteiger partial charge is 0.497 e. The van der Waals surface area contributed by atoms with Gasteiger partial charge >= 0.3 is 0 Å². The first-order valence-corrected chi connectivity index (χ1v) is 11.2. The van der Waals surface area contributed by atoms with Crippen molar-refractivity contribution in [2.24, 2.45) is 0 Å². The molecule has 0 aliphatic heterocycles. The molecule has 1 heterocycles. The van der Waals surface area contributed by atoms with Crippen molar-refractivity contribution in [3.8, 4) is 22.9 Å². The Labute approximate surface area is 192 Å². The summed E-state index contributed by atoms with van der Waals surface area (Å²) in [7, 11) is 1.60. The first-order chi connectivity index (χ1) is 16.2. The molecule has 5 nitrogen and oxygen atoms in total. The van der Waals surface area contributed by atoms with Crippen molar-refractivity contribution < 1.29 is 4.74 Å². The molecule has 0 fully saturated rings. The van der Waals surface area contributed by atoms with E-state index in [0.29, 0.717) is 29.9 Å². The molecule has 5 rings (SSSR count). The number of nitrogens with zero attached hydrogens (tertiary/aromatic N) is 2. The van der Waals surface area contributed by atoms with E-state index in [-0.39, 0.29) is 11.6 Å². The summed E-state index contributed by atoms with van der Waals surface area (Å²) >= 11 is 0. The number of pyridine rings is 1. The minimum atomic E-state index is -0.155. The second kappa shape index (κ2) is 8.93. The summed E-state index contributed by atoms with van der Waals surface area (Å²) in [6, 6.07) is 26.3. The van der Waals surface area contributed by atoms with E-state index < -0.39 is 0 Å². The number of aromatic nitrogens is 1. The van der Waals surface area contributed by atoms with Gasteiger partial charge in [-0.25, -0.2) is 0 Å². The third-order valence-electron chi connectivity index (χ3n) is 6.51. The third-order valence-corrected chi connectivity index (χ3v) is 6.51. The first kappa shape index (κ1) is 21.0. The normalized spacial score (nSPS) is 14.7. The smallest absolute Gasteiger partial charge is 0.259 e. The number of ether oxygens (including phenoxy) is 1. The Morgan fingerprint density at radius 3 is 2.64 bits per heavy atom. The van der Waals surface area contributed by atoms with Crippen LogP contribution in [0.1, 0.15) is 29.3 Å². The molecule has 5 heteroatoms. The van der Waals surface area contributed by atoms with E-state index in [1.807, 2.05) is 36.4 Å². The highest BCUT2D eigenvalue weighted by atomic mass is 16.5. The van der Waals surface area contributed by atoms with Crippen LogP contribution in [0.2, 0.25) is 0 Å². The fourth-order valence-electron chi connectivity index (χ4n) is 4.90. The summed E-state index contributed by atoms with van der Waals surface area (Å²) < 4.78 is 7.02. The van der Waals surface area contributed by atoms with Crippen molar-refractivity contribution in [2.45, 2.75) is 25.4 Å². The van der Waals surface area contributed by atoms with Crippen LogP contribution >= 0.6 is 0 Å². The maximum atomic E-state index is 13.5. The minimum Gasteiger partial charge on any atom is -0.497 e. The SMILES string of the molecule is COc1ccc2c(=O)n(CCNC3CCc4ccccc43)c(C#N)c(-c3ccccc3)c2c1. The van der Waals surface area contributed by atoms with E-state index in [4.69, 9.17) is 4.74 Å². The van der Waals surface area contributed by atoms with E-state index in [1.165, 1.54) is 11.1 Å². The van der Waals surface area contributed by atoms with Crippen LogP contribution in [0.15, 0.2) is 77.6 Å². The number of methoxy groups -OCH3 is 1. The number of nitrogens with one attached hydrogen (secondary N) is 1. The fourth-order valence-corrected chi connectivity index (χ4v) is 4.90. The molecule has 1 unspecified atom stereocenters. The van der Waals surface area contributed by atoms with Gasteiger partial charge in [0.15, 0.2) is 0 Å². The molecule has 1 aliphatic carbocycles. The lowest BCUT2D eigenvalue weighted by Crippen LogP contribution is -2.30. The molecule has 1 aliphatic rings. The van der Waals surface area contributed by atoms with E-state index >= 15 is 0 Å². The monoisotopic (exact) mass is 435 g/mol. The van der Waals surface area contributed by atoms with Crippen LogP contribution in [0, 0.1) is 11.3 Å². The van der Waals surface area contributed by atoms with Crippen LogP contribution in [0.3, 0.4) is 0 Å². The van der Waals surface area contributed by atoms with E-state index in [2.05, 4.69) is 35.7 Å². The molecule has 0 radical (unpaired) electrons. The van der Waals surface area contributed by atoms with Gasteiger partial charge in [-0.2, -0.15) is 5.26 Å². The lowest BCUT2D eigenvalue weighted by Gasteiger charge is -2.18. The highest BCUT2D eigenvalue weighted by molar-refractivity contribution is 5.99. The van der Waals surface area contributed by atoms with E-state index in [1.54, 1.807) is 23.8 Å². The Morgan fingerprint density at radius 1 is 1.06 bits per heavy atom. The zero-order valence-corrected chi connectivity index (χ0v) is 18.5. The van der Waals surface area contributed by atoms with Gasteiger partial charge in [0.2, 0.25) is 0 Å². The Hall–Kier alpha value is -3.88. The maximum absolute atomic E-state index is 13.5. The average Bonchev–Trinajstić information content (AvgIpc) is 3.28. The molecule has 1 atom stereocenters. The molecule has 0 saturated heterocycles. The molecule has 0 saturated carbocycles. The van der Waals surface area contributed by atoms with Gasteiger partial charge in [-0.3, -0.25) is 9.36 Å². The quantitative estimate of drug-likeness (QED) is 0.471. The number of rotatable bonds is 6. The third kappa shape index (κ3) is 3.79. The van der Waals surface area contributed by atoms with Gasteiger partial charge < -0.3 is 10.1 Å².